The molecular weight excluding hydrogens is 240 g/mol. The first-order valence-electron chi connectivity index (χ1n) is 8.55. The molecule has 0 aliphatic heterocycles. The lowest BCUT2D eigenvalue weighted by atomic mass is 9.86. The third-order valence-corrected chi connectivity index (χ3v) is 5.37. The highest BCUT2D eigenvalue weighted by molar-refractivity contribution is 5.23. The van der Waals surface area contributed by atoms with Gasteiger partial charge in [-0.2, -0.15) is 0 Å². The van der Waals surface area contributed by atoms with Gasteiger partial charge in [-0.15, -0.1) is 0 Å². The molecular formula is C20H34. The van der Waals surface area contributed by atoms with Crippen molar-refractivity contribution >= 4 is 0 Å². The van der Waals surface area contributed by atoms with Crippen molar-refractivity contribution in [2.75, 3.05) is 0 Å². The molecule has 0 aromatic heterocycles. The summed E-state index contributed by atoms with van der Waals surface area (Å²) in [6.45, 7) is 14.1. The van der Waals surface area contributed by atoms with Crippen molar-refractivity contribution in [3.05, 3.63) is 35.4 Å². The fourth-order valence-electron chi connectivity index (χ4n) is 2.76. The highest BCUT2D eigenvalue weighted by Gasteiger charge is 2.12. The average molecular weight is 274 g/mol. The molecule has 0 nitrogen and oxygen atoms in total. The van der Waals surface area contributed by atoms with Crippen LogP contribution in [0, 0.1) is 23.7 Å². The van der Waals surface area contributed by atoms with Crippen molar-refractivity contribution in [2.24, 2.45) is 23.7 Å². The molecule has 0 saturated heterocycles. The highest BCUT2D eigenvalue weighted by Crippen LogP contribution is 2.22. The maximum Gasteiger partial charge on any atom is -0.0250 e. The second kappa shape index (κ2) is 8.49. The van der Waals surface area contributed by atoms with Crippen LogP contribution in [-0.4, -0.2) is 0 Å². The van der Waals surface area contributed by atoms with Crippen molar-refractivity contribution < 1.29 is 0 Å². The van der Waals surface area contributed by atoms with Gasteiger partial charge in [0, 0.05) is 0 Å². The van der Waals surface area contributed by atoms with Gasteiger partial charge in [0.2, 0.25) is 0 Å². The van der Waals surface area contributed by atoms with E-state index < -0.39 is 0 Å². The summed E-state index contributed by atoms with van der Waals surface area (Å²) in [6.07, 6.45) is 5.00. The van der Waals surface area contributed by atoms with Crippen LogP contribution in [0.25, 0.3) is 0 Å². The Morgan fingerprint density at radius 2 is 0.900 bits per heavy atom. The van der Waals surface area contributed by atoms with Crippen LogP contribution in [0.2, 0.25) is 0 Å². The molecule has 0 aliphatic rings. The fourth-order valence-corrected chi connectivity index (χ4v) is 2.76. The lowest BCUT2D eigenvalue weighted by Gasteiger charge is -2.20. The van der Waals surface area contributed by atoms with Gasteiger partial charge in [0.15, 0.2) is 0 Å². The topological polar surface area (TPSA) is 0 Å². The van der Waals surface area contributed by atoms with Crippen LogP contribution in [0.1, 0.15) is 65.5 Å². The van der Waals surface area contributed by atoms with E-state index in [9.17, 15) is 0 Å². The summed E-state index contributed by atoms with van der Waals surface area (Å²) < 4.78 is 0. The normalized spacial score (nSPS) is 17.5. The maximum absolute atomic E-state index is 2.38. The Morgan fingerprint density at radius 1 is 0.600 bits per heavy atom. The van der Waals surface area contributed by atoms with Crippen LogP contribution in [0.4, 0.5) is 0 Å². The minimum atomic E-state index is 0.782. The Morgan fingerprint density at radius 3 is 1.15 bits per heavy atom. The van der Waals surface area contributed by atoms with Gasteiger partial charge in [-0.1, -0.05) is 78.6 Å². The van der Waals surface area contributed by atoms with E-state index in [1.165, 1.54) is 36.8 Å². The molecule has 4 unspecified atom stereocenters. The van der Waals surface area contributed by atoms with E-state index >= 15 is 0 Å². The summed E-state index contributed by atoms with van der Waals surface area (Å²) in [5, 5.41) is 0. The summed E-state index contributed by atoms with van der Waals surface area (Å²) in [5.41, 5.74) is 3.00. The highest BCUT2D eigenvalue weighted by atomic mass is 14.2. The van der Waals surface area contributed by atoms with E-state index in [1.54, 1.807) is 0 Å². The van der Waals surface area contributed by atoms with E-state index in [-0.39, 0.29) is 0 Å². The van der Waals surface area contributed by atoms with Crippen molar-refractivity contribution in [1.29, 1.82) is 0 Å². The zero-order valence-corrected chi connectivity index (χ0v) is 14.4. The minimum absolute atomic E-state index is 0.782. The average Bonchev–Trinajstić information content (AvgIpc) is 2.47. The largest absolute Gasteiger partial charge is 0.0651 e. The van der Waals surface area contributed by atoms with Crippen LogP contribution in [0.3, 0.4) is 0 Å². The molecule has 4 atom stereocenters. The predicted molar refractivity (Wildman–Crippen MR) is 91.1 cm³/mol. The molecule has 0 heteroatoms. The van der Waals surface area contributed by atoms with E-state index in [4.69, 9.17) is 0 Å². The standard InChI is InChI=1S/C20H34/c1-7-15(3)17(5)13-19-9-11-20(12-10-19)14-18(6)16(4)8-2/h9-12,15-18H,7-8,13-14H2,1-6H3. The van der Waals surface area contributed by atoms with Gasteiger partial charge in [0.25, 0.3) is 0 Å². The lowest BCUT2D eigenvalue weighted by molar-refractivity contribution is 0.373. The Bertz CT molecular complexity index is 325. The SMILES string of the molecule is CCC(C)C(C)Cc1ccc(CC(C)C(C)CC)cc1. The van der Waals surface area contributed by atoms with Crippen LogP contribution in [-0.2, 0) is 12.8 Å². The Kier molecular flexibility index (Phi) is 7.34. The predicted octanol–water partition coefficient (Wildman–Crippen LogP) is 6.14. The first-order valence-corrected chi connectivity index (χ1v) is 8.55. The Labute approximate surface area is 127 Å². The van der Waals surface area contributed by atoms with Crippen molar-refractivity contribution in [3.63, 3.8) is 0 Å². The van der Waals surface area contributed by atoms with E-state index in [1.807, 2.05) is 0 Å². The first kappa shape index (κ1) is 17.3. The molecule has 0 fully saturated rings. The molecule has 0 aliphatic carbocycles. The number of hydrogen-bond acceptors (Lipinski definition) is 0. The van der Waals surface area contributed by atoms with Gasteiger partial charge >= 0.3 is 0 Å². The van der Waals surface area contributed by atoms with Gasteiger partial charge < -0.3 is 0 Å². The summed E-state index contributed by atoms with van der Waals surface area (Å²) in [5.74, 6) is 3.20. The van der Waals surface area contributed by atoms with Crippen molar-refractivity contribution in [2.45, 2.75) is 67.2 Å². The molecule has 114 valence electrons. The number of rotatable bonds is 8. The second-order valence-electron chi connectivity index (χ2n) is 6.95. The van der Waals surface area contributed by atoms with Gasteiger partial charge in [0.1, 0.15) is 0 Å². The summed E-state index contributed by atoms with van der Waals surface area (Å²) in [6, 6.07) is 9.38. The monoisotopic (exact) mass is 274 g/mol. The molecule has 1 aromatic carbocycles. The third kappa shape index (κ3) is 5.31. The zero-order chi connectivity index (χ0) is 15.1. The Hall–Kier alpha value is -0.780. The molecule has 1 rings (SSSR count). The number of hydrogen-bond donors (Lipinski definition) is 0. The molecule has 0 heterocycles. The smallest absolute Gasteiger partial charge is 0.0250 e. The van der Waals surface area contributed by atoms with Gasteiger partial charge in [-0.25, -0.2) is 0 Å². The molecule has 0 radical (unpaired) electrons. The quantitative estimate of drug-likeness (QED) is 0.534. The molecule has 0 N–H and O–H groups in total. The van der Waals surface area contributed by atoms with Crippen LogP contribution in [0.5, 0.6) is 0 Å². The van der Waals surface area contributed by atoms with Crippen LogP contribution >= 0.6 is 0 Å². The van der Waals surface area contributed by atoms with E-state index in [0.717, 1.165) is 23.7 Å². The number of benzene rings is 1. The summed E-state index contributed by atoms with van der Waals surface area (Å²) in [4.78, 5) is 0. The van der Waals surface area contributed by atoms with E-state index in [0.29, 0.717) is 0 Å². The van der Waals surface area contributed by atoms with Crippen molar-refractivity contribution in [3.8, 4) is 0 Å². The summed E-state index contributed by atoms with van der Waals surface area (Å²) in [7, 11) is 0. The van der Waals surface area contributed by atoms with Crippen LogP contribution in [0.15, 0.2) is 24.3 Å². The third-order valence-electron chi connectivity index (χ3n) is 5.37. The summed E-state index contributed by atoms with van der Waals surface area (Å²) >= 11 is 0. The molecule has 0 bridgehead atoms. The second-order valence-corrected chi connectivity index (χ2v) is 6.95. The van der Waals surface area contributed by atoms with Gasteiger partial charge in [-0.05, 0) is 47.6 Å². The Balaban J connectivity index is 2.56. The molecule has 0 saturated carbocycles. The fraction of sp³-hybridized carbons (Fsp3) is 0.700. The molecule has 1 aromatic rings. The maximum atomic E-state index is 2.38. The zero-order valence-electron chi connectivity index (χ0n) is 14.4. The molecule has 0 amide bonds. The van der Waals surface area contributed by atoms with Gasteiger partial charge in [0.05, 0.1) is 0 Å². The van der Waals surface area contributed by atoms with Crippen LogP contribution < -0.4 is 0 Å². The lowest BCUT2D eigenvalue weighted by Crippen LogP contribution is -2.11. The molecule has 20 heavy (non-hydrogen) atoms. The van der Waals surface area contributed by atoms with Gasteiger partial charge in [-0.3, -0.25) is 0 Å². The molecule has 0 spiro atoms. The first-order chi connectivity index (χ1) is 9.47. The minimum Gasteiger partial charge on any atom is -0.0651 e. The van der Waals surface area contributed by atoms with E-state index in [2.05, 4.69) is 65.8 Å². The van der Waals surface area contributed by atoms with Crippen molar-refractivity contribution in [1.82, 2.24) is 0 Å².